The monoisotopic (exact) mass is 401 g/mol. The van der Waals surface area contributed by atoms with Crippen molar-refractivity contribution in [1.29, 1.82) is 0 Å². The standard InChI is InChI=1S/C19H20ClN5O3/c1-4-7-25-16-13(18(27)23-19(25)28)8-11(10-21-16)17(26)22-12-5-6-15(24(2)3)14(20)9-12/h5-6,8-10H,4,7H2,1-3H3,(H,22,26)(H,23,27,28). The largest absolute Gasteiger partial charge is 0.376 e. The first-order valence-electron chi connectivity index (χ1n) is 8.73. The number of H-pyrrole nitrogens is 1. The predicted octanol–water partition coefficient (Wildman–Crippen LogP) is 2.47. The minimum atomic E-state index is -0.576. The van der Waals surface area contributed by atoms with Crippen molar-refractivity contribution < 1.29 is 4.79 Å². The Labute approximate surface area is 165 Å². The van der Waals surface area contributed by atoms with Gasteiger partial charge in [0.05, 0.1) is 21.7 Å². The fourth-order valence-electron chi connectivity index (χ4n) is 2.87. The van der Waals surface area contributed by atoms with Crippen LogP contribution in [0.3, 0.4) is 0 Å². The van der Waals surface area contributed by atoms with E-state index in [1.165, 1.54) is 16.8 Å². The normalized spacial score (nSPS) is 10.9. The van der Waals surface area contributed by atoms with Crippen LogP contribution in [-0.4, -0.2) is 34.5 Å². The van der Waals surface area contributed by atoms with Crippen LogP contribution in [0.1, 0.15) is 23.7 Å². The van der Waals surface area contributed by atoms with Gasteiger partial charge in [0.2, 0.25) is 0 Å². The highest BCUT2D eigenvalue weighted by Gasteiger charge is 2.14. The molecule has 0 unspecified atom stereocenters. The van der Waals surface area contributed by atoms with Gasteiger partial charge in [-0.15, -0.1) is 0 Å². The van der Waals surface area contributed by atoms with Gasteiger partial charge in [0.15, 0.2) is 0 Å². The Morgan fingerprint density at radius 1 is 1.29 bits per heavy atom. The van der Waals surface area contributed by atoms with E-state index < -0.39 is 17.2 Å². The van der Waals surface area contributed by atoms with Gasteiger partial charge in [0.25, 0.3) is 11.5 Å². The highest BCUT2D eigenvalue weighted by atomic mass is 35.5. The lowest BCUT2D eigenvalue weighted by atomic mass is 10.2. The number of aromatic nitrogens is 3. The van der Waals surface area contributed by atoms with Gasteiger partial charge < -0.3 is 10.2 Å². The Balaban J connectivity index is 1.95. The molecule has 2 aromatic heterocycles. The summed E-state index contributed by atoms with van der Waals surface area (Å²) in [4.78, 5) is 45.1. The molecule has 0 fully saturated rings. The molecule has 2 heterocycles. The minimum absolute atomic E-state index is 0.182. The maximum Gasteiger partial charge on any atom is 0.329 e. The van der Waals surface area contributed by atoms with E-state index in [1.807, 2.05) is 25.9 Å². The Morgan fingerprint density at radius 3 is 2.68 bits per heavy atom. The molecular formula is C19H20ClN5O3. The molecule has 0 bridgehead atoms. The number of halogens is 1. The second kappa shape index (κ2) is 7.85. The van der Waals surface area contributed by atoms with Crippen LogP contribution >= 0.6 is 11.6 Å². The lowest BCUT2D eigenvalue weighted by molar-refractivity contribution is 0.102. The molecule has 146 valence electrons. The number of carbonyl (C=O) groups is 1. The Kier molecular flexibility index (Phi) is 5.51. The van der Waals surface area contributed by atoms with Crippen molar-refractivity contribution in [3.8, 4) is 0 Å². The fraction of sp³-hybridized carbons (Fsp3) is 0.263. The molecule has 2 N–H and O–H groups in total. The predicted molar refractivity (Wildman–Crippen MR) is 111 cm³/mol. The van der Waals surface area contributed by atoms with Gasteiger partial charge in [-0.1, -0.05) is 18.5 Å². The number of fused-ring (bicyclic) bond motifs is 1. The second-order valence-corrected chi connectivity index (χ2v) is 6.93. The van der Waals surface area contributed by atoms with Crippen molar-refractivity contribution in [1.82, 2.24) is 14.5 Å². The molecule has 0 spiro atoms. The molecule has 0 aliphatic heterocycles. The van der Waals surface area contributed by atoms with Crippen LogP contribution in [0.4, 0.5) is 11.4 Å². The summed E-state index contributed by atoms with van der Waals surface area (Å²) in [6, 6.07) is 6.61. The van der Waals surface area contributed by atoms with Crippen molar-refractivity contribution in [2.75, 3.05) is 24.3 Å². The average Bonchev–Trinajstić information content (AvgIpc) is 2.64. The highest BCUT2D eigenvalue weighted by molar-refractivity contribution is 6.33. The van der Waals surface area contributed by atoms with Gasteiger partial charge in [-0.3, -0.25) is 19.1 Å². The third kappa shape index (κ3) is 3.77. The number of nitrogens with one attached hydrogen (secondary N) is 2. The Bertz CT molecular complexity index is 1170. The number of aromatic amines is 1. The number of nitrogens with zero attached hydrogens (tertiary/aromatic N) is 3. The first-order valence-corrected chi connectivity index (χ1v) is 9.10. The summed E-state index contributed by atoms with van der Waals surface area (Å²) in [6.07, 6.45) is 2.05. The first-order chi connectivity index (χ1) is 13.3. The molecule has 0 aliphatic rings. The lowest BCUT2D eigenvalue weighted by Gasteiger charge is -2.15. The number of rotatable bonds is 5. The summed E-state index contributed by atoms with van der Waals surface area (Å²) < 4.78 is 1.39. The molecule has 0 radical (unpaired) electrons. The minimum Gasteiger partial charge on any atom is -0.376 e. The van der Waals surface area contributed by atoms with Crippen molar-refractivity contribution in [2.24, 2.45) is 0 Å². The quantitative estimate of drug-likeness (QED) is 0.684. The van der Waals surface area contributed by atoms with Crippen LogP contribution in [0.25, 0.3) is 11.0 Å². The summed E-state index contributed by atoms with van der Waals surface area (Å²) in [5, 5.41) is 3.42. The van der Waals surface area contributed by atoms with Gasteiger partial charge in [-0.2, -0.15) is 0 Å². The van der Waals surface area contributed by atoms with Crippen LogP contribution in [0.5, 0.6) is 0 Å². The van der Waals surface area contributed by atoms with Crippen molar-refractivity contribution >= 4 is 39.9 Å². The third-order valence-electron chi connectivity index (χ3n) is 4.23. The number of anilines is 2. The summed E-state index contributed by atoms with van der Waals surface area (Å²) in [7, 11) is 3.74. The van der Waals surface area contributed by atoms with E-state index in [2.05, 4.69) is 15.3 Å². The topological polar surface area (TPSA) is 100 Å². The third-order valence-corrected chi connectivity index (χ3v) is 4.53. The van der Waals surface area contributed by atoms with Crippen LogP contribution in [0.2, 0.25) is 5.02 Å². The maximum absolute atomic E-state index is 12.6. The zero-order valence-corrected chi connectivity index (χ0v) is 16.5. The van der Waals surface area contributed by atoms with E-state index in [0.29, 0.717) is 23.7 Å². The Morgan fingerprint density at radius 2 is 2.04 bits per heavy atom. The molecule has 3 aromatic rings. The second-order valence-electron chi connectivity index (χ2n) is 6.52. The van der Waals surface area contributed by atoms with Crippen LogP contribution < -0.4 is 21.5 Å². The molecule has 0 saturated carbocycles. The number of carbonyl (C=O) groups excluding carboxylic acids is 1. The van der Waals surface area contributed by atoms with Crippen molar-refractivity contribution in [3.05, 3.63) is 61.9 Å². The number of pyridine rings is 1. The van der Waals surface area contributed by atoms with Gasteiger partial charge in [0, 0.05) is 32.5 Å². The zero-order valence-electron chi connectivity index (χ0n) is 15.7. The lowest BCUT2D eigenvalue weighted by Crippen LogP contribution is -2.31. The molecule has 1 amide bonds. The van der Waals surface area contributed by atoms with Gasteiger partial charge in [-0.25, -0.2) is 9.78 Å². The van der Waals surface area contributed by atoms with E-state index in [1.54, 1.807) is 18.2 Å². The molecule has 0 aliphatic carbocycles. The highest BCUT2D eigenvalue weighted by Crippen LogP contribution is 2.27. The molecule has 3 rings (SSSR count). The SMILES string of the molecule is CCCn1c(=O)[nH]c(=O)c2cc(C(=O)Nc3ccc(N(C)C)c(Cl)c3)cnc21. The Hall–Kier alpha value is -3.13. The molecule has 28 heavy (non-hydrogen) atoms. The van der Waals surface area contributed by atoms with Gasteiger partial charge in [0.1, 0.15) is 5.65 Å². The summed E-state index contributed by atoms with van der Waals surface area (Å²) in [5.74, 6) is -0.435. The summed E-state index contributed by atoms with van der Waals surface area (Å²) in [5.41, 5.74) is 0.712. The fourth-order valence-corrected chi connectivity index (χ4v) is 3.22. The first kappa shape index (κ1) is 19.6. The number of hydrogen-bond acceptors (Lipinski definition) is 5. The molecular weight excluding hydrogens is 382 g/mol. The van der Waals surface area contributed by atoms with Crippen molar-refractivity contribution in [2.45, 2.75) is 19.9 Å². The number of benzene rings is 1. The maximum atomic E-state index is 12.6. The number of hydrogen-bond donors (Lipinski definition) is 2. The average molecular weight is 402 g/mol. The van der Waals surface area contributed by atoms with E-state index in [9.17, 15) is 14.4 Å². The smallest absolute Gasteiger partial charge is 0.329 e. The molecule has 9 heteroatoms. The van der Waals surface area contributed by atoms with Crippen molar-refractivity contribution in [3.63, 3.8) is 0 Å². The van der Waals surface area contributed by atoms with Gasteiger partial charge in [-0.05, 0) is 30.7 Å². The van der Waals surface area contributed by atoms with Gasteiger partial charge >= 0.3 is 5.69 Å². The van der Waals surface area contributed by atoms with Crippen LogP contribution in [0.15, 0.2) is 40.1 Å². The van der Waals surface area contributed by atoms with E-state index in [-0.39, 0.29) is 16.6 Å². The summed E-state index contributed by atoms with van der Waals surface area (Å²) in [6.45, 7) is 2.33. The zero-order chi connectivity index (χ0) is 20.4. The molecule has 0 saturated heterocycles. The summed E-state index contributed by atoms with van der Waals surface area (Å²) >= 11 is 6.23. The molecule has 1 aromatic carbocycles. The van der Waals surface area contributed by atoms with E-state index in [0.717, 1.165) is 5.69 Å². The molecule has 8 nitrogen and oxygen atoms in total. The number of aryl methyl sites for hydroxylation is 1. The van der Waals surface area contributed by atoms with Crippen LogP contribution in [0, 0.1) is 0 Å². The van der Waals surface area contributed by atoms with E-state index >= 15 is 0 Å². The molecule has 0 atom stereocenters. The number of amides is 1. The van der Waals surface area contributed by atoms with E-state index in [4.69, 9.17) is 11.6 Å². The van der Waals surface area contributed by atoms with Crippen LogP contribution in [-0.2, 0) is 6.54 Å².